The van der Waals surface area contributed by atoms with Gasteiger partial charge in [-0.1, -0.05) is 23.8 Å². The summed E-state index contributed by atoms with van der Waals surface area (Å²) in [7, 11) is -0.127. The van der Waals surface area contributed by atoms with Gasteiger partial charge in [0.15, 0.2) is 4.80 Å². The van der Waals surface area contributed by atoms with Crippen molar-refractivity contribution < 1.29 is 17.9 Å². The first-order chi connectivity index (χ1) is 14.8. The number of carbonyl (C=O) groups excluding carboxylic acids is 1. The second kappa shape index (κ2) is 8.57. The Morgan fingerprint density at radius 1 is 1.16 bits per heavy atom. The highest BCUT2D eigenvalue weighted by Gasteiger charge is 2.30. The highest BCUT2D eigenvalue weighted by Crippen LogP contribution is 2.27. The zero-order valence-electron chi connectivity index (χ0n) is 17.7. The molecule has 0 spiro atoms. The topological polar surface area (TPSA) is 81.0 Å². The first-order valence-corrected chi connectivity index (χ1v) is 12.4. The Hall–Kier alpha value is -2.49. The van der Waals surface area contributed by atoms with E-state index in [2.05, 4.69) is 4.99 Å². The van der Waals surface area contributed by atoms with E-state index in [9.17, 15) is 13.2 Å². The molecule has 4 rings (SSSR count). The molecule has 9 heteroatoms. The molecule has 31 heavy (non-hydrogen) atoms. The number of sulfonamides is 1. The second-order valence-electron chi connectivity index (χ2n) is 7.65. The number of amides is 1. The van der Waals surface area contributed by atoms with Crippen molar-refractivity contribution in [1.82, 2.24) is 8.87 Å². The Morgan fingerprint density at radius 2 is 1.90 bits per heavy atom. The number of ether oxygens (including phenoxy) is 1. The number of hydrogen-bond acceptors (Lipinski definition) is 5. The average Bonchev–Trinajstić information content (AvgIpc) is 3.09. The van der Waals surface area contributed by atoms with Crippen LogP contribution in [0.1, 0.15) is 36.5 Å². The van der Waals surface area contributed by atoms with E-state index >= 15 is 0 Å². The molecular weight excluding hydrogens is 434 g/mol. The van der Waals surface area contributed by atoms with E-state index in [1.165, 1.54) is 35.6 Å². The van der Waals surface area contributed by atoms with Gasteiger partial charge in [-0.25, -0.2) is 8.42 Å². The van der Waals surface area contributed by atoms with Gasteiger partial charge in [0.05, 0.1) is 16.7 Å². The molecule has 3 aromatic rings. The number of carbonyl (C=O) groups is 1. The minimum atomic E-state index is -3.57. The van der Waals surface area contributed by atoms with Crippen molar-refractivity contribution in [3.05, 3.63) is 52.8 Å². The number of fused-ring (bicyclic) bond motifs is 1. The zero-order chi connectivity index (χ0) is 22.2. The minimum absolute atomic E-state index is 0.0139. The van der Waals surface area contributed by atoms with Gasteiger partial charge in [0, 0.05) is 25.2 Å². The number of piperidine rings is 1. The summed E-state index contributed by atoms with van der Waals surface area (Å²) in [6, 6.07) is 11.7. The third-order valence-electron chi connectivity index (χ3n) is 5.65. The van der Waals surface area contributed by atoms with Crippen molar-refractivity contribution in [2.75, 3.05) is 13.7 Å². The summed E-state index contributed by atoms with van der Waals surface area (Å²) in [5, 5.41) is 0. The van der Waals surface area contributed by atoms with Crippen LogP contribution in [0.5, 0.6) is 5.75 Å². The van der Waals surface area contributed by atoms with E-state index in [0.717, 1.165) is 29.5 Å². The molecule has 1 aliphatic rings. The Labute approximate surface area is 185 Å². The number of nitrogens with zero attached hydrogens (tertiary/aromatic N) is 3. The molecule has 0 N–H and O–H groups in total. The molecule has 0 unspecified atom stereocenters. The number of aromatic nitrogens is 1. The van der Waals surface area contributed by atoms with Crippen molar-refractivity contribution in [2.24, 2.45) is 12.0 Å². The van der Waals surface area contributed by atoms with Gasteiger partial charge in [-0.3, -0.25) is 4.79 Å². The minimum Gasteiger partial charge on any atom is -0.495 e. The molecule has 2 heterocycles. The number of rotatable bonds is 4. The molecule has 0 saturated carbocycles. The molecule has 164 valence electrons. The van der Waals surface area contributed by atoms with Crippen molar-refractivity contribution in [2.45, 2.75) is 37.1 Å². The van der Waals surface area contributed by atoms with Gasteiger partial charge in [0.2, 0.25) is 10.0 Å². The first-order valence-electron chi connectivity index (χ1n) is 10.2. The number of hydrogen-bond donors (Lipinski definition) is 0. The van der Waals surface area contributed by atoms with Gasteiger partial charge in [0.25, 0.3) is 5.91 Å². The summed E-state index contributed by atoms with van der Waals surface area (Å²) >= 11 is 1.40. The van der Waals surface area contributed by atoms with Crippen LogP contribution in [-0.2, 0) is 17.1 Å². The summed E-state index contributed by atoms with van der Waals surface area (Å²) in [6.07, 6.45) is 2.78. The Bertz CT molecular complexity index is 1290. The van der Waals surface area contributed by atoms with E-state index in [1.807, 2.05) is 36.7 Å². The number of thiazole rings is 1. The van der Waals surface area contributed by atoms with Crippen LogP contribution in [0, 0.1) is 0 Å². The van der Waals surface area contributed by atoms with E-state index in [4.69, 9.17) is 4.74 Å². The molecule has 1 saturated heterocycles. The Morgan fingerprint density at radius 3 is 2.58 bits per heavy atom. The summed E-state index contributed by atoms with van der Waals surface area (Å²) in [5.74, 6) is 0.295. The van der Waals surface area contributed by atoms with Gasteiger partial charge >= 0.3 is 0 Å². The zero-order valence-corrected chi connectivity index (χ0v) is 19.4. The lowest BCUT2D eigenvalue weighted by Crippen LogP contribution is -2.41. The van der Waals surface area contributed by atoms with Gasteiger partial charge in [-0.15, -0.1) is 0 Å². The Balaban J connectivity index is 1.64. The lowest BCUT2D eigenvalue weighted by molar-refractivity contribution is 0.0998. The van der Waals surface area contributed by atoms with E-state index < -0.39 is 15.9 Å². The molecular formula is C22H25N3O4S2. The third kappa shape index (κ3) is 4.05. The molecule has 0 aliphatic carbocycles. The monoisotopic (exact) mass is 459 g/mol. The molecule has 1 atom stereocenters. The highest BCUT2D eigenvalue weighted by molar-refractivity contribution is 7.89. The largest absolute Gasteiger partial charge is 0.495 e. The van der Waals surface area contributed by atoms with E-state index in [-0.39, 0.29) is 10.9 Å². The van der Waals surface area contributed by atoms with Crippen molar-refractivity contribution >= 4 is 37.5 Å². The molecule has 2 aromatic carbocycles. The van der Waals surface area contributed by atoms with Gasteiger partial charge in [-0.05, 0) is 56.2 Å². The maximum atomic E-state index is 13.0. The van der Waals surface area contributed by atoms with Crippen molar-refractivity contribution in [3.63, 3.8) is 0 Å². The van der Waals surface area contributed by atoms with Gasteiger partial charge in [-0.2, -0.15) is 9.30 Å². The van der Waals surface area contributed by atoms with Crippen molar-refractivity contribution in [1.29, 1.82) is 0 Å². The fourth-order valence-corrected chi connectivity index (χ4v) is 6.66. The number of aryl methyl sites for hydroxylation is 1. The standard InChI is InChI=1S/C22H25N3O4S2/c1-15-7-4-5-14-25(15)31(27,28)17-12-10-16(11-13-17)21(26)23-22-24(2)20-18(29-3)8-6-9-19(20)30-22/h6,8-13,15H,4-5,7,14H2,1-3H3/t15-/m0/s1. The third-order valence-corrected chi connectivity index (χ3v) is 8.78. The van der Waals surface area contributed by atoms with Gasteiger partial charge in [0.1, 0.15) is 11.3 Å². The lowest BCUT2D eigenvalue weighted by Gasteiger charge is -2.32. The fraction of sp³-hybridized carbons (Fsp3) is 0.364. The fourth-order valence-electron chi connectivity index (χ4n) is 3.93. The average molecular weight is 460 g/mol. The maximum absolute atomic E-state index is 13.0. The number of methoxy groups -OCH3 is 1. The van der Waals surface area contributed by atoms with Gasteiger partial charge < -0.3 is 9.30 Å². The quantitative estimate of drug-likeness (QED) is 0.598. The molecule has 1 aliphatic heterocycles. The molecule has 1 fully saturated rings. The van der Waals surface area contributed by atoms with E-state index in [0.29, 0.717) is 22.7 Å². The number of benzene rings is 2. The molecule has 1 aromatic heterocycles. The van der Waals surface area contributed by atoms with Crippen LogP contribution in [0.25, 0.3) is 10.2 Å². The van der Waals surface area contributed by atoms with Crippen LogP contribution in [0.2, 0.25) is 0 Å². The highest BCUT2D eigenvalue weighted by atomic mass is 32.2. The maximum Gasteiger partial charge on any atom is 0.279 e. The predicted octanol–water partition coefficient (Wildman–Crippen LogP) is 3.55. The number of para-hydroxylation sites is 1. The lowest BCUT2D eigenvalue weighted by atomic mass is 10.1. The summed E-state index contributed by atoms with van der Waals surface area (Å²) < 4.78 is 35.7. The summed E-state index contributed by atoms with van der Waals surface area (Å²) in [4.78, 5) is 17.8. The molecule has 1 amide bonds. The molecule has 0 bridgehead atoms. The first kappa shape index (κ1) is 21.7. The smallest absolute Gasteiger partial charge is 0.279 e. The van der Waals surface area contributed by atoms with Crippen molar-refractivity contribution in [3.8, 4) is 5.75 Å². The second-order valence-corrected chi connectivity index (χ2v) is 10.6. The SMILES string of the molecule is COc1cccc2sc(=NC(=O)c3ccc(S(=O)(=O)N4CCCC[C@@H]4C)cc3)n(C)c12. The normalized spacial score (nSPS) is 18.4. The van der Waals surface area contributed by atoms with Crippen LogP contribution >= 0.6 is 11.3 Å². The van der Waals surface area contributed by atoms with Crippen LogP contribution in [0.3, 0.4) is 0 Å². The van der Waals surface area contributed by atoms with Crippen LogP contribution in [0.4, 0.5) is 0 Å². The molecule has 7 nitrogen and oxygen atoms in total. The van der Waals surface area contributed by atoms with E-state index in [1.54, 1.807) is 11.4 Å². The van der Waals surface area contributed by atoms with Crippen LogP contribution in [0.15, 0.2) is 52.4 Å². The van der Waals surface area contributed by atoms with Crippen LogP contribution in [-0.4, -0.2) is 42.9 Å². The molecule has 0 radical (unpaired) electrons. The summed E-state index contributed by atoms with van der Waals surface area (Å²) in [6.45, 7) is 2.47. The van der Waals surface area contributed by atoms with Crippen LogP contribution < -0.4 is 9.54 Å². The predicted molar refractivity (Wildman–Crippen MR) is 121 cm³/mol. The summed E-state index contributed by atoms with van der Waals surface area (Å²) in [5.41, 5.74) is 1.22. The Kier molecular flexibility index (Phi) is 6.00.